The fourth-order valence-electron chi connectivity index (χ4n) is 2.85. The summed E-state index contributed by atoms with van der Waals surface area (Å²) in [6, 6.07) is 3.51. The highest BCUT2D eigenvalue weighted by Gasteiger charge is 2.25. The van der Waals surface area contributed by atoms with Crippen LogP contribution in [0, 0.1) is 11.8 Å². The lowest BCUT2D eigenvalue weighted by Crippen LogP contribution is -2.43. The third-order valence-corrected chi connectivity index (χ3v) is 4.48. The Labute approximate surface area is 133 Å². The number of carbonyl (C=O) groups is 1. The topological polar surface area (TPSA) is 72.4 Å². The van der Waals surface area contributed by atoms with Crippen molar-refractivity contribution in [3.63, 3.8) is 0 Å². The Kier molecular flexibility index (Phi) is 4.52. The Morgan fingerprint density at radius 3 is 2.82 bits per heavy atom. The van der Waals surface area contributed by atoms with Gasteiger partial charge in [0.15, 0.2) is 5.76 Å². The molecule has 0 bridgehead atoms. The number of thioether (sulfide) groups is 1. The fraction of sp³-hybridized carbons (Fsp3) is 0.533. The molecule has 1 saturated heterocycles. The third kappa shape index (κ3) is 3.52. The molecule has 2 aromatic heterocycles. The van der Waals surface area contributed by atoms with Crippen molar-refractivity contribution in [2.75, 3.05) is 18.8 Å². The molecule has 0 N–H and O–H groups in total. The molecular weight excluding hydrogens is 302 g/mol. The van der Waals surface area contributed by atoms with Gasteiger partial charge >= 0.3 is 0 Å². The summed E-state index contributed by atoms with van der Waals surface area (Å²) in [6.07, 6.45) is 2.74. The van der Waals surface area contributed by atoms with Crippen molar-refractivity contribution in [3.05, 3.63) is 18.4 Å². The normalized spacial score (nSPS) is 22.0. The zero-order valence-electron chi connectivity index (χ0n) is 12.7. The number of amides is 1. The molecule has 0 aromatic carbocycles. The number of hydrogen-bond donors (Lipinski definition) is 0. The number of furan rings is 1. The molecule has 3 rings (SSSR count). The Balaban J connectivity index is 1.55. The van der Waals surface area contributed by atoms with Gasteiger partial charge in [-0.05, 0) is 30.4 Å². The minimum atomic E-state index is 0.126. The van der Waals surface area contributed by atoms with E-state index >= 15 is 0 Å². The molecule has 1 fully saturated rings. The molecule has 0 radical (unpaired) electrons. The molecule has 1 aliphatic rings. The highest BCUT2D eigenvalue weighted by Crippen LogP contribution is 2.25. The lowest BCUT2D eigenvalue weighted by Gasteiger charge is -2.34. The zero-order valence-corrected chi connectivity index (χ0v) is 13.5. The van der Waals surface area contributed by atoms with Crippen molar-refractivity contribution in [1.29, 1.82) is 0 Å². The van der Waals surface area contributed by atoms with Gasteiger partial charge in [0.2, 0.25) is 5.91 Å². The second-order valence-electron chi connectivity index (χ2n) is 5.88. The Bertz CT molecular complexity index is 616. The van der Waals surface area contributed by atoms with E-state index < -0.39 is 0 Å². The average molecular weight is 321 g/mol. The maximum atomic E-state index is 12.3. The first kappa shape index (κ1) is 15.1. The monoisotopic (exact) mass is 321 g/mol. The first-order valence-corrected chi connectivity index (χ1v) is 8.38. The van der Waals surface area contributed by atoms with E-state index in [0.717, 1.165) is 13.1 Å². The average Bonchev–Trinajstić information content (AvgIpc) is 3.14. The lowest BCUT2D eigenvalue weighted by molar-refractivity contribution is -0.130. The van der Waals surface area contributed by atoms with E-state index in [-0.39, 0.29) is 5.91 Å². The molecule has 3 heterocycles. The first-order valence-electron chi connectivity index (χ1n) is 7.39. The summed E-state index contributed by atoms with van der Waals surface area (Å²) in [5.74, 6) is 2.43. The van der Waals surface area contributed by atoms with Crippen LogP contribution in [0.2, 0.25) is 0 Å². The second kappa shape index (κ2) is 6.56. The van der Waals surface area contributed by atoms with Crippen molar-refractivity contribution >= 4 is 17.7 Å². The van der Waals surface area contributed by atoms with Crippen molar-refractivity contribution in [1.82, 2.24) is 15.1 Å². The fourth-order valence-corrected chi connectivity index (χ4v) is 3.52. The number of rotatable bonds is 4. The maximum absolute atomic E-state index is 12.3. The van der Waals surface area contributed by atoms with Crippen LogP contribution >= 0.6 is 11.8 Å². The number of hydrogen-bond acceptors (Lipinski definition) is 6. The molecule has 1 amide bonds. The number of nitrogens with zero attached hydrogens (tertiary/aromatic N) is 3. The second-order valence-corrected chi connectivity index (χ2v) is 6.81. The van der Waals surface area contributed by atoms with Gasteiger partial charge in [-0.3, -0.25) is 4.79 Å². The summed E-state index contributed by atoms with van der Waals surface area (Å²) >= 11 is 1.27. The van der Waals surface area contributed by atoms with Crippen LogP contribution in [0.3, 0.4) is 0 Å². The van der Waals surface area contributed by atoms with Crippen molar-refractivity contribution in [2.24, 2.45) is 11.8 Å². The highest BCUT2D eigenvalue weighted by molar-refractivity contribution is 7.99. The van der Waals surface area contributed by atoms with Crippen molar-refractivity contribution < 1.29 is 13.6 Å². The molecule has 0 saturated carbocycles. The predicted octanol–water partition coefficient (Wildman–Crippen LogP) is 2.93. The van der Waals surface area contributed by atoms with E-state index in [1.54, 1.807) is 18.4 Å². The molecule has 2 atom stereocenters. The van der Waals surface area contributed by atoms with Crippen LogP contribution in [0.1, 0.15) is 20.3 Å². The molecule has 0 aliphatic carbocycles. The first-order chi connectivity index (χ1) is 10.6. The predicted molar refractivity (Wildman–Crippen MR) is 82.2 cm³/mol. The Morgan fingerprint density at radius 2 is 2.14 bits per heavy atom. The van der Waals surface area contributed by atoms with Crippen LogP contribution in [0.15, 0.2) is 32.5 Å². The van der Waals surface area contributed by atoms with Crippen LogP contribution < -0.4 is 0 Å². The van der Waals surface area contributed by atoms with Crippen molar-refractivity contribution in [2.45, 2.75) is 25.5 Å². The van der Waals surface area contributed by atoms with Gasteiger partial charge < -0.3 is 13.7 Å². The van der Waals surface area contributed by atoms with Gasteiger partial charge in [-0.25, -0.2) is 0 Å². The number of likely N-dealkylation sites (tertiary alicyclic amines) is 1. The molecule has 0 spiro atoms. The molecule has 118 valence electrons. The van der Waals surface area contributed by atoms with Gasteiger partial charge in [0.25, 0.3) is 11.1 Å². The molecule has 22 heavy (non-hydrogen) atoms. The smallest absolute Gasteiger partial charge is 0.284 e. The van der Waals surface area contributed by atoms with Crippen LogP contribution in [0.4, 0.5) is 0 Å². The van der Waals surface area contributed by atoms with E-state index in [1.165, 1.54) is 18.2 Å². The molecule has 2 aromatic rings. The minimum Gasteiger partial charge on any atom is -0.459 e. The van der Waals surface area contributed by atoms with E-state index in [9.17, 15) is 4.79 Å². The lowest BCUT2D eigenvalue weighted by atomic mass is 9.92. The van der Waals surface area contributed by atoms with E-state index in [2.05, 4.69) is 24.0 Å². The zero-order chi connectivity index (χ0) is 15.5. The maximum Gasteiger partial charge on any atom is 0.284 e. The summed E-state index contributed by atoms with van der Waals surface area (Å²) in [7, 11) is 0. The van der Waals surface area contributed by atoms with Crippen LogP contribution in [0.5, 0.6) is 0 Å². The summed E-state index contributed by atoms with van der Waals surface area (Å²) in [6.45, 7) is 6.06. The largest absolute Gasteiger partial charge is 0.459 e. The van der Waals surface area contributed by atoms with Gasteiger partial charge in [0.05, 0.1) is 12.0 Å². The summed E-state index contributed by atoms with van der Waals surface area (Å²) < 4.78 is 10.7. The number of carbonyl (C=O) groups excluding carboxylic acids is 1. The SMILES string of the molecule is C[C@@H]1C[C@H](C)CN(C(=O)CSc2nnc(-c3ccco3)o2)C1. The molecule has 6 nitrogen and oxygen atoms in total. The van der Waals surface area contributed by atoms with Crippen LogP contribution in [0.25, 0.3) is 11.7 Å². The van der Waals surface area contributed by atoms with Gasteiger partial charge in [-0.2, -0.15) is 0 Å². The summed E-state index contributed by atoms with van der Waals surface area (Å²) in [5.41, 5.74) is 0. The van der Waals surface area contributed by atoms with Gasteiger partial charge in [0.1, 0.15) is 0 Å². The Hall–Kier alpha value is -1.76. The van der Waals surface area contributed by atoms with Crippen LogP contribution in [-0.2, 0) is 4.79 Å². The van der Waals surface area contributed by atoms with E-state index in [4.69, 9.17) is 8.83 Å². The van der Waals surface area contributed by atoms with E-state index in [0.29, 0.717) is 34.5 Å². The van der Waals surface area contributed by atoms with Crippen LogP contribution in [-0.4, -0.2) is 39.8 Å². The summed E-state index contributed by atoms with van der Waals surface area (Å²) in [4.78, 5) is 14.2. The standard InChI is InChI=1S/C15H19N3O3S/c1-10-6-11(2)8-18(7-10)13(19)9-22-15-17-16-14(21-15)12-4-3-5-20-12/h3-5,10-11H,6-9H2,1-2H3/t10-,11+. The number of piperidine rings is 1. The van der Waals surface area contributed by atoms with Gasteiger partial charge in [-0.15, -0.1) is 10.2 Å². The highest BCUT2D eigenvalue weighted by atomic mass is 32.2. The Morgan fingerprint density at radius 1 is 1.36 bits per heavy atom. The minimum absolute atomic E-state index is 0.126. The van der Waals surface area contributed by atoms with Gasteiger partial charge in [-0.1, -0.05) is 25.6 Å². The van der Waals surface area contributed by atoms with E-state index in [1.807, 2.05) is 4.90 Å². The quantitative estimate of drug-likeness (QED) is 0.806. The summed E-state index contributed by atoms with van der Waals surface area (Å²) in [5, 5.41) is 8.24. The molecule has 7 heteroatoms. The molecular formula is C15H19N3O3S. The number of aromatic nitrogens is 2. The van der Waals surface area contributed by atoms with Gasteiger partial charge in [0, 0.05) is 13.1 Å². The van der Waals surface area contributed by atoms with Crippen molar-refractivity contribution in [3.8, 4) is 11.7 Å². The molecule has 1 aliphatic heterocycles. The molecule has 0 unspecified atom stereocenters. The third-order valence-electron chi connectivity index (χ3n) is 3.68.